The van der Waals surface area contributed by atoms with Gasteiger partial charge in [0.05, 0.1) is 64.5 Å². The van der Waals surface area contributed by atoms with Gasteiger partial charge in [-0.15, -0.1) is 0 Å². The van der Waals surface area contributed by atoms with Crippen molar-refractivity contribution in [1.82, 2.24) is 0 Å². The summed E-state index contributed by atoms with van der Waals surface area (Å²) in [6.45, 7) is 8.01. The monoisotopic (exact) mass is 1600 g/mol. The number of aliphatic hydroxyl groups is 4. The molecule has 0 aliphatic carbocycles. The molecule has 586 valence electrons. The van der Waals surface area contributed by atoms with Gasteiger partial charge in [0.15, 0.2) is 0 Å². The lowest BCUT2D eigenvalue weighted by molar-refractivity contribution is -0.00667. The van der Waals surface area contributed by atoms with Gasteiger partial charge in [-0.3, -0.25) is 0 Å². The maximum absolute atomic E-state index is 13.2. The summed E-state index contributed by atoms with van der Waals surface area (Å²) in [6.07, 6.45) is -2.31. The number of benzene rings is 12. The van der Waals surface area contributed by atoms with E-state index in [4.69, 9.17) is 32.4 Å². The lowest BCUT2D eigenvalue weighted by Crippen LogP contribution is -2.26. The third-order valence-electron chi connectivity index (χ3n) is 18.5. The number of nitrogens with two attached hydrogens (primary N) is 4. The Morgan fingerprint density at radius 2 is 0.513 bits per heavy atom. The minimum atomic E-state index is -3.80. The molecule has 0 fully saturated rings. The normalized spacial score (nSPS) is 12.8. The number of ether oxygens (including phenoxy) is 2. The average Bonchev–Trinajstić information content (AvgIpc) is 0.877. The summed E-state index contributed by atoms with van der Waals surface area (Å²) in [5.41, 5.74) is 36.0. The number of hydrogen-bond donors (Lipinski definition) is 12. The van der Waals surface area contributed by atoms with Gasteiger partial charge in [-0.2, -0.15) is 0 Å². The van der Waals surface area contributed by atoms with E-state index in [1.807, 2.05) is 100 Å². The molecular formula is C87H90N8O14S4. The Morgan fingerprint density at radius 3 is 0.761 bits per heavy atom. The molecule has 12 rings (SSSR count). The van der Waals surface area contributed by atoms with Crippen LogP contribution in [0.5, 0.6) is 11.5 Å². The third-order valence-corrected chi connectivity index (χ3v) is 25.5. The molecule has 12 aromatic carbocycles. The number of nitrogens with one attached hydrogen (secondary N) is 4. The molecule has 12 aromatic rings. The molecule has 4 atom stereocenters. The van der Waals surface area contributed by atoms with Gasteiger partial charge in [-0.1, -0.05) is 97.1 Å². The molecule has 0 aromatic heterocycles. The summed E-state index contributed by atoms with van der Waals surface area (Å²) in [5.74, 6) is 1.04. The Morgan fingerprint density at radius 1 is 0.292 bits per heavy atom. The van der Waals surface area contributed by atoms with Gasteiger partial charge in [-0.25, -0.2) is 33.7 Å². The smallest absolute Gasteiger partial charge is 0.214 e. The Hall–Kier alpha value is -11.7. The van der Waals surface area contributed by atoms with E-state index < -0.39 is 64.1 Å². The predicted octanol–water partition coefficient (Wildman–Crippen LogP) is 13.2. The van der Waals surface area contributed by atoms with E-state index in [0.29, 0.717) is 69.8 Å². The van der Waals surface area contributed by atoms with Crippen LogP contribution in [-0.2, 0) is 58.6 Å². The summed E-state index contributed by atoms with van der Waals surface area (Å²) >= 11 is 0. The Kier molecular flexibility index (Phi) is 26.3. The number of anilines is 8. The number of aliphatic hydroxyl groups excluding tert-OH is 4. The number of rotatable bonds is 31. The van der Waals surface area contributed by atoms with E-state index in [1.54, 1.807) is 109 Å². The molecule has 113 heavy (non-hydrogen) atoms. The minimum absolute atomic E-state index is 0.0118. The van der Waals surface area contributed by atoms with Gasteiger partial charge >= 0.3 is 0 Å². The molecule has 26 heteroatoms. The van der Waals surface area contributed by atoms with Crippen molar-refractivity contribution in [1.29, 1.82) is 0 Å². The summed E-state index contributed by atoms with van der Waals surface area (Å²) in [6, 6.07) is 74.2. The maximum atomic E-state index is 13.2. The first-order valence-corrected chi connectivity index (χ1v) is 42.0. The van der Waals surface area contributed by atoms with Crippen LogP contribution in [0.25, 0.3) is 11.1 Å². The van der Waals surface area contributed by atoms with E-state index in [-0.39, 0.29) is 65.3 Å². The molecule has 0 aliphatic heterocycles. The van der Waals surface area contributed by atoms with Crippen molar-refractivity contribution in [3.63, 3.8) is 0 Å². The second kappa shape index (κ2) is 36.2. The highest BCUT2D eigenvalue weighted by Crippen LogP contribution is 2.37. The Bertz CT molecular complexity index is 5460. The van der Waals surface area contributed by atoms with Gasteiger partial charge in [-0.05, 0) is 260 Å². The number of nitrogen functional groups attached to an aromatic ring is 4. The lowest BCUT2D eigenvalue weighted by Gasteiger charge is -2.21. The highest BCUT2D eigenvalue weighted by atomic mass is 32.2. The lowest BCUT2D eigenvalue weighted by atomic mass is 9.96. The van der Waals surface area contributed by atoms with Crippen LogP contribution in [-0.4, -0.2) is 105 Å². The van der Waals surface area contributed by atoms with Crippen molar-refractivity contribution >= 4 is 84.8 Å². The van der Waals surface area contributed by atoms with Gasteiger partial charge in [0.25, 0.3) is 0 Å². The molecule has 0 aliphatic rings. The summed E-state index contributed by atoms with van der Waals surface area (Å²) in [7, 11) is -15.1. The third kappa shape index (κ3) is 21.5. The van der Waals surface area contributed by atoms with E-state index >= 15 is 0 Å². The number of sulfone groups is 4. The fourth-order valence-electron chi connectivity index (χ4n) is 12.7. The summed E-state index contributed by atoms with van der Waals surface area (Å²) in [5, 5.41) is 55.5. The van der Waals surface area contributed by atoms with Crippen LogP contribution in [0.1, 0.15) is 44.5 Å². The van der Waals surface area contributed by atoms with Gasteiger partial charge in [0.2, 0.25) is 51.9 Å². The Labute approximate surface area is 659 Å². The molecule has 0 radical (unpaired) electrons. The molecule has 0 heterocycles. The standard InChI is InChI=1S/C44H46N4O8S2.C43H44N4O6S2/c1-27-17-31(18-28(2)43(27)55-41(49)25-47-35-11-7-15-39(23-35)57(51,52)37-13-5-9-33(45)21-37)32-19-29(3)44(30(4)20-32)56-42(50)26-48-36-12-8-16-40(24-36)58(53,54)38-14-6-10-34(46)22-38;44-34-5-1-9-40(24-34)54(50,51)42-11-3-7-36(26-42)46-28-38(48)22-32-17-13-30(14-18-32)21-31-15-19-33(20-16-31)23-39(49)29-47-37-8-4-12-43(27-37)55(52,53)41-10-2-6-35(45)25-41/h5-24,41-42,47-50H,25-26,45-46H2,1-4H3;1-20,24-27,38-39,46-49H,21-23,28-29,44-45H2. The number of hydrogen-bond acceptors (Lipinski definition) is 22. The van der Waals surface area contributed by atoms with Crippen LogP contribution in [0.3, 0.4) is 0 Å². The predicted molar refractivity (Wildman–Crippen MR) is 444 cm³/mol. The SMILES string of the molecule is Cc1cc(-c2cc(C)c(OC(O)CNc3cccc(S(=O)(=O)c4cccc(N)c4)c3)c(C)c2)cc(C)c1OC(O)CNc1cccc(S(=O)(=O)c2cccc(N)c2)c1.Nc1cccc(S(=O)(=O)c2cccc(NCC(O)Cc3ccc(Cc4ccc(CC(O)CNc5cccc(S(=O)(=O)c6cccc(N)c6)c5)cc4)cc3)c2)c1. The fraction of sp³-hybridized carbons (Fsp3) is 0.172. The topological polar surface area (TPSA) is 388 Å². The average molecular weight is 1600 g/mol. The van der Waals surface area contributed by atoms with Crippen LogP contribution in [0, 0.1) is 27.7 Å². The van der Waals surface area contributed by atoms with Crippen molar-refractivity contribution in [3.05, 3.63) is 311 Å². The highest BCUT2D eigenvalue weighted by Gasteiger charge is 2.25. The molecule has 0 bridgehead atoms. The zero-order chi connectivity index (χ0) is 80.8. The molecule has 16 N–H and O–H groups in total. The Balaban J connectivity index is 0.000000223. The van der Waals surface area contributed by atoms with Crippen molar-refractivity contribution in [2.75, 3.05) is 70.4 Å². The molecule has 22 nitrogen and oxygen atoms in total. The molecular weight excluding hydrogens is 1510 g/mol. The second-order valence-electron chi connectivity index (χ2n) is 27.5. The zero-order valence-corrected chi connectivity index (χ0v) is 65.7. The minimum Gasteiger partial charge on any atom is -0.463 e. The van der Waals surface area contributed by atoms with E-state index in [0.717, 1.165) is 62.1 Å². The fourth-order valence-corrected chi connectivity index (χ4v) is 18.2. The van der Waals surface area contributed by atoms with Crippen molar-refractivity contribution < 1.29 is 63.6 Å². The maximum Gasteiger partial charge on any atom is 0.214 e. The van der Waals surface area contributed by atoms with Gasteiger partial charge in [0, 0.05) is 71.4 Å². The first-order valence-electron chi connectivity index (χ1n) is 36.1. The van der Waals surface area contributed by atoms with Crippen LogP contribution < -0.4 is 53.7 Å². The van der Waals surface area contributed by atoms with Crippen LogP contribution >= 0.6 is 0 Å². The zero-order valence-electron chi connectivity index (χ0n) is 62.5. The van der Waals surface area contributed by atoms with Crippen LogP contribution in [0.15, 0.2) is 306 Å². The highest BCUT2D eigenvalue weighted by molar-refractivity contribution is 7.92. The first-order chi connectivity index (χ1) is 53.8. The molecule has 4 unspecified atom stereocenters. The van der Waals surface area contributed by atoms with Crippen LogP contribution in [0.2, 0.25) is 0 Å². The van der Waals surface area contributed by atoms with E-state index in [1.165, 1.54) is 84.9 Å². The van der Waals surface area contributed by atoms with Crippen LogP contribution in [0.4, 0.5) is 45.5 Å². The molecule has 0 saturated heterocycles. The summed E-state index contributed by atoms with van der Waals surface area (Å²) in [4.78, 5) is 0.881. The molecule has 0 saturated carbocycles. The van der Waals surface area contributed by atoms with Crippen molar-refractivity contribution in [3.8, 4) is 22.6 Å². The van der Waals surface area contributed by atoms with Crippen molar-refractivity contribution in [2.45, 2.75) is 111 Å². The molecule has 0 spiro atoms. The van der Waals surface area contributed by atoms with Gasteiger partial charge < -0.3 is 74.1 Å². The first kappa shape index (κ1) is 82.2. The summed E-state index contributed by atoms with van der Waals surface area (Å²) < 4.78 is 117. The second-order valence-corrected chi connectivity index (χ2v) is 35.3. The number of aryl methyl sites for hydroxylation is 4. The quantitative estimate of drug-likeness (QED) is 0.0142. The van der Waals surface area contributed by atoms with E-state index in [9.17, 15) is 54.1 Å². The van der Waals surface area contributed by atoms with Crippen molar-refractivity contribution in [2.24, 2.45) is 0 Å². The largest absolute Gasteiger partial charge is 0.463 e. The van der Waals surface area contributed by atoms with Gasteiger partial charge in [0.1, 0.15) is 11.5 Å². The van der Waals surface area contributed by atoms with E-state index in [2.05, 4.69) is 21.3 Å². The molecule has 0 amide bonds.